The number of rotatable bonds is 33. The molecule has 0 aliphatic carbocycles. The van der Waals surface area contributed by atoms with Crippen LogP contribution in [0.5, 0.6) is 0 Å². The minimum atomic E-state index is -1.18. The lowest BCUT2D eigenvalue weighted by Crippen LogP contribution is -2.41. The molecule has 3 amide bonds. The summed E-state index contributed by atoms with van der Waals surface area (Å²) in [7, 11) is 0. The molecule has 0 fully saturated rings. The SMILES string of the molecule is O=C(O)CCCCCCCCCCCCCCC(=O)N[C@@H](CCC(=O)NCCOCCOCC(=O)NCCOCCO)C(=O)O. The lowest BCUT2D eigenvalue weighted by molar-refractivity contribution is -0.142. The topological polar surface area (TPSA) is 210 Å². The van der Waals surface area contributed by atoms with Crippen LogP contribution >= 0.6 is 0 Å². The first-order chi connectivity index (χ1) is 21.8. The maximum atomic E-state index is 12.2. The summed E-state index contributed by atoms with van der Waals surface area (Å²) in [5.74, 6) is -2.86. The van der Waals surface area contributed by atoms with Crippen molar-refractivity contribution in [1.82, 2.24) is 16.0 Å². The van der Waals surface area contributed by atoms with Crippen LogP contribution in [0.4, 0.5) is 0 Å². The van der Waals surface area contributed by atoms with E-state index in [1.165, 1.54) is 19.3 Å². The molecule has 45 heavy (non-hydrogen) atoms. The number of aliphatic carboxylic acids is 2. The van der Waals surface area contributed by atoms with E-state index in [-0.39, 0.29) is 89.6 Å². The Labute approximate surface area is 267 Å². The van der Waals surface area contributed by atoms with Gasteiger partial charge in [-0.2, -0.15) is 0 Å². The molecule has 6 N–H and O–H groups in total. The molecular weight excluding hydrogens is 590 g/mol. The van der Waals surface area contributed by atoms with E-state index in [9.17, 15) is 29.1 Å². The molecular formula is C31H57N3O11. The van der Waals surface area contributed by atoms with Crippen LogP contribution in [0, 0.1) is 0 Å². The molecule has 14 heteroatoms. The Morgan fingerprint density at radius 2 is 1.02 bits per heavy atom. The molecule has 0 spiro atoms. The third kappa shape index (κ3) is 31.0. The number of ether oxygens (including phenoxy) is 3. The van der Waals surface area contributed by atoms with Gasteiger partial charge in [0.2, 0.25) is 17.7 Å². The molecule has 0 unspecified atom stereocenters. The van der Waals surface area contributed by atoms with E-state index in [2.05, 4.69) is 16.0 Å². The third-order valence-electron chi connectivity index (χ3n) is 6.82. The van der Waals surface area contributed by atoms with Gasteiger partial charge < -0.3 is 45.5 Å². The van der Waals surface area contributed by atoms with E-state index in [0.29, 0.717) is 19.6 Å². The Balaban J connectivity index is 3.70. The second-order valence-corrected chi connectivity index (χ2v) is 10.8. The standard InChI is InChI=1S/C31H57N3O11/c35-19-22-43-20-18-33-29(38)25-45-24-23-44-21-17-32-27(36)16-15-26(31(41)42)34-28(37)13-11-9-7-5-3-1-2-4-6-8-10-12-14-30(39)40/h26,35H,1-25H2,(H,32,36)(H,33,38)(H,34,37)(H,39,40)(H,41,42)/t26-/m0/s1. The number of unbranched alkanes of at least 4 members (excludes halogenated alkanes) is 11. The zero-order chi connectivity index (χ0) is 33.4. The molecule has 0 aromatic rings. The molecule has 0 aromatic heterocycles. The van der Waals surface area contributed by atoms with E-state index in [1.807, 2.05) is 0 Å². The fourth-order valence-corrected chi connectivity index (χ4v) is 4.34. The van der Waals surface area contributed by atoms with Crippen LogP contribution in [-0.4, -0.2) is 110 Å². The molecule has 0 aromatic carbocycles. The fraction of sp³-hybridized carbons (Fsp3) is 0.839. The van der Waals surface area contributed by atoms with Crippen LogP contribution in [0.3, 0.4) is 0 Å². The van der Waals surface area contributed by atoms with Crippen molar-refractivity contribution in [3.05, 3.63) is 0 Å². The minimum Gasteiger partial charge on any atom is -0.481 e. The maximum absolute atomic E-state index is 12.2. The number of hydrogen-bond donors (Lipinski definition) is 6. The molecule has 0 saturated heterocycles. The van der Waals surface area contributed by atoms with E-state index < -0.39 is 18.0 Å². The largest absolute Gasteiger partial charge is 0.481 e. The van der Waals surface area contributed by atoms with Crippen molar-refractivity contribution < 1.29 is 53.5 Å². The summed E-state index contributed by atoms with van der Waals surface area (Å²) in [4.78, 5) is 57.8. The van der Waals surface area contributed by atoms with Crippen molar-refractivity contribution in [2.75, 3.05) is 59.3 Å². The normalized spacial score (nSPS) is 11.6. The summed E-state index contributed by atoms with van der Waals surface area (Å²) < 4.78 is 15.5. The Kier molecular flexibility index (Phi) is 29.2. The van der Waals surface area contributed by atoms with E-state index in [0.717, 1.165) is 51.4 Å². The van der Waals surface area contributed by atoms with Crippen molar-refractivity contribution >= 4 is 29.7 Å². The first kappa shape index (κ1) is 42.2. The third-order valence-corrected chi connectivity index (χ3v) is 6.82. The molecule has 262 valence electrons. The Morgan fingerprint density at radius 3 is 1.56 bits per heavy atom. The average Bonchev–Trinajstić information content (AvgIpc) is 3.00. The number of aliphatic hydroxyl groups excluding tert-OH is 1. The molecule has 0 rings (SSSR count). The van der Waals surface area contributed by atoms with Crippen LogP contribution < -0.4 is 16.0 Å². The van der Waals surface area contributed by atoms with Gasteiger partial charge in [-0.1, -0.05) is 64.2 Å². The lowest BCUT2D eigenvalue weighted by atomic mass is 10.0. The molecule has 0 saturated carbocycles. The molecule has 0 heterocycles. The van der Waals surface area contributed by atoms with Crippen molar-refractivity contribution in [3.63, 3.8) is 0 Å². The highest BCUT2D eigenvalue weighted by Crippen LogP contribution is 2.13. The molecule has 0 radical (unpaired) electrons. The summed E-state index contributed by atoms with van der Waals surface area (Å²) in [5, 5.41) is 34.4. The van der Waals surface area contributed by atoms with E-state index in [4.69, 9.17) is 24.4 Å². The number of nitrogens with one attached hydrogen (secondary N) is 3. The second kappa shape index (κ2) is 31.2. The van der Waals surface area contributed by atoms with Gasteiger partial charge in [0.25, 0.3) is 0 Å². The van der Waals surface area contributed by atoms with Gasteiger partial charge in [-0.25, -0.2) is 4.79 Å². The van der Waals surface area contributed by atoms with E-state index >= 15 is 0 Å². The number of carbonyl (C=O) groups excluding carboxylic acids is 3. The number of carbonyl (C=O) groups is 5. The number of aliphatic hydroxyl groups is 1. The Bertz CT molecular complexity index is 799. The Hall–Kier alpha value is -2.81. The predicted octanol–water partition coefficient (Wildman–Crippen LogP) is 2.16. The highest BCUT2D eigenvalue weighted by Gasteiger charge is 2.20. The summed E-state index contributed by atoms with van der Waals surface area (Å²) >= 11 is 0. The first-order valence-corrected chi connectivity index (χ1v) is 16.4. The lowest BCUT2D eigenvalue weighted by Gasteiger charge is -2.14. The van der Waals surface area contributed by atoms with Crippen LogP contribution in [0.1, 0.15) is 103 Å². The van der Waals surface area contributed by atoms with Gasteiger partial charge in [-0.15, -0.1) is 0 Å². The summed E-state index contributed by atoms with van der Waals surface area (Å²) in [6.07, 6.45) is 12.9. The molecule has 0 aliphatic rings. The number of amides is 3. The first-order valence-electron chi connectivity index (χ1n) is 16.4. The zero-order valence-electron chi connectivity index (χ0n) is 26.9. The van der Waals surface area contributed by atoms with Crippen molar-refractivity contribution in [1.29, 1.82) is 0 Å². The van der Waals surface area contributed by atoms with Gasteiger partial charge >= 0.3 is 11.9 Å². The fourth-order valence-electron chi connectivity index (χ4n) is 4.34. The van der Waals surface area contributed by atoms with Gasteiger partial charge in [0.15, 0.2) is 0 Å². The number of hydrogen-bond acceptors (Lipinski definition) is 9. The highest BCUT2D eigenvalue weighted by atomic mass is 16.5. The van der Waals surface area contributed by atoms with Crippen LogP contribution in [0.2, 0.25) is 0 Å². The van der Waals surface area contributed by atoms with Gasteiger partial charge in [0, 0.05) is 32.4 Å². The van der Waals surface area contributed by atoms with Crippen molar-refractivity contribution in [3.8, 4) is 0 Å². The summed E-state index contributed by atoms with van der Waals surface area (Å²) in [6, 6.07) is -1.13. The summed E-state index contributed by atoms with van der Waals surface area (Å²) in [5.41, 5.74) is 0. The van der Waals surface area contributed by atoms with Crippen LogP contribution in [-0.2, 0) is 38.2 Å². The molecule has 0 bridgehead atoms. The highest BCUT2D eigenvalue weighted by molar-refractivity contribution is 5.84. The second-order valence-electron chi connectivity index (χ2n) is 10.8. The zero-order valence-corrected chi connectivity index (χ0v) is 26.9. The maximum Gasteiger partial charge on any atom is 0.326 e. The average molecular weight is 648 g/mol. The quantitative estimate of drug-likeness (QED) is 0.0569. The minimum absolute atomic E-state index is 0.0143. The Morgan fingerprint density at radius 1 is 0.533 bits per heavy atom. The van der Waals surface area contributed by atoms with Gasteiger partial charge in [0.05, 0.1) is 39.6 Å². The van der Waals surface area contributed by atoms with Crippen molar-refractivity contribution in [2.45, 2.75) is 109 Å². The van der Waals surface area contributed by atoms with Crippen LogP contribution in [0.15, 0.2) is 0 Å². The number of carboxylic acids is 2. The van der Waals surface area contributed by atoms with Gasteiger partial charge in [-0.05, 0) is 19.3 Å². The molecule has 1 atom stereocenters. The smallest absolute Gasteiger partial charge is 0.326 e. The molecule has 14 nitrogen and oxygen atoms in total. The number of carboxylic acid groups (broad SMARTS) is 2. The van der Waals surface area contributed by atoms with E-state index in [1.54, 1.807) is 0 Å². The van der Waals surface area contributed by atoms with Crippen LogP contribution in [0.25, 0.3) is 0 Å². The van der Waals surface area contributed by atoms with Gasteiger partial charge in [-0.3, -0.25) is 19.2 Å². The predicted molar refractivity (Wildman–Crippen MR) is 167 cm³/mol. The van der Waals surface area contributed by atoms with Gasteiger partial charge in [0.1, 0.15) is 12.6 Å². The monoisotopic (exact) mass is 647 g/mol. The van der Waals surface area contributed by atoms with Crippen molar-refractivity contribution in [2.24, 2.45) is 0 Å². The molecule has 0 aliphatic heterocycles. The summed E-state index contributed by atoms with van der Waals surface area (Å²) in [6.45, 7) is 1.53.